The molecule has 2 aromatic carbocycles. The summed E-state index contributed by atoms with van der Waals surface area (Å²) in [5.41, 5.74) is 2.27. The summed E-state index contributed by atoms with van der Waals surface area (Å²) in [4.78, 5) is 51.8. The average Bonchev–Trinajstić information content (AvgIpc) is 2.92. The van der Waals surface area contributed by atoms with Crippen LogP contribution in [-0.2, 0) is 23.9 Å². The standard InChI is InChI=1S/C29H30N2O8/c1-5-38-28(33)23-16(3)30-22-15-21(17-9-8-12-20(14-17)37-4)25(29(34)39-6-2)27(32)26(22)24(23)18-10-7-11-19(13-18)31(35)36/h7-14,21,24-25,30H,5-6,15H2,1-4H3. The molecule has 4 rings (SSSR count). The van der Waals surface area contributed by atoms with Crippen LogP contribution in [0.25, 0.3) is 0 Å². The number of ether oxygens (including phenoxy) is 3. The highest BCUT2D eigenvalue weighted by Gasteiger charge is 2.49. The van der Waals surface area contributed by atoms with Crippen molar-refractivity contribution >= 4 is 23.4 Å². The largest absolute Gasteiger partial charge is 0.497 e. The molecule has 204 valence electrons. The molecule has 1 aliphatic carbocycles. The highest BCUT2D eigenvalue weighted by atomic mass is 16.6. The molecule has 0 saturated heterocycles. The SMILES string of the molecule is CCOC(=O)C1=C(C)NC2=C(C(=O)C(C(=O)OCC)C(c3cccc(OC)c3)C2)C1c1cccc([N+](=O)[O-])c1. The fraction of sp³-hybridized carbons (Fsp3) is 0.345. The van der Waals surface area contributed by atoms with Crippen molar-refractivity contribution in [3.8, 4) is 5.75 Å². The zero-order valence-electron chi connectivity index (χ0n) is 22.2. The van der Waals surface area contributed by atoms with Crippen molar-refractivity contribution in [2.45, 2.75) is 39.0 Å². The van der Waals surface area contributed by atoms with Crippen LogP contribution < -0.4 is 10.1 Å². The molecular weight excluding hydrogens is 504 g/mol. The van der Waals surface area contributed by atoms with Crippen LogP contribution in [0.5, 0.6) is 5.75 Å². The Morgan fingerprint density at radius 2 is 1.74 bits per heavy atom. The van der Waals surface area contributed by atoms with E-state index in [0.717, 1.165) is 5.56 Å². The number of esters is 2. The molecule has 10 nitrogen and oxygen atoms in total. The van der Waals surface area contributed by atoms with Crippen molar-refractivity contribution in [3.05, 3.63) is 92.3 Å². The van der Waals surface area contributed by atoms with Crippen molar-refractivity contribution in [2.75, 3.05) is 20.3 Å². The van der Waals surface area contributed by atoms with Crippen LogP contribution in [-0.4, -0.2) is 43.0 Å². The summed E-state index contributed by atoms with van der Waals surface area (Å²) >= 11 is 0. The van der Waals surface area contributed by atoms with Crippen LogP contribution in [0.15, 0.2) is 71.1 Å². The van der Waals surface area contributed by atoms with Gasteiger partial charge in [-0.3, -0.25) is 19.7 Å². The van der Waals surface area contributed by atoms with Gasteiger partial charge in [-0.2, -0.15) is 0 Å². The van der Waals surface area contributed by atoms with E-state index >= 15 is 0 Å². The summed E-state index contributed by atoms with van der Waals surface area (Å²) in [5.74, 6) is -4.00. The van der Waals surface area contributed by atoms with Crippen molar-refractivity contribution < 1.29 is 33.5 Å². The van der Waals surface area contributed by atoms with E-state index in [4.69, 9.17) is 14.2 Å². The van der Waals surface area contributed by atoms with Gasteiger partial charge >= 0.3 is 11.9 Å². The summed E-state index contributed by atoms with van der Waals surface area (Å²) < 4.78 is 16.0. The Morgan fingerprint density at radius 1 is 1.05 bits per heavy atom. The third-order valence-corrected chi connectivity index (χ3v) is 6.99. The zero-order chi connectivity index (χ0) is 28.3. The van der Waals surface area contributed by atoms with Crippen molar-refractivity contribution in [3.63, 3.8) is 0 Å². The molecule has 1 aliphatic heterocycles. The van der Waals surface area contributed by atoms with Crippen molar-refractivity contribution in [1.82, 2.24) is 5.32 Å². The molecule has 0 spiro atoms. The number of nitro benzene ring substituents is 1. The van der Waals surface area contributed by atoms with Gasteiger partial charge in [-0.25, -0.2) is 4.79 Å². The maximum Gasteiger partial charge on any atom is 0.336 e. The molecule has 39 heavy (non-hydrogen) atoms. The monoisotopic (exact) mass is 534 g/mol. The van der Waals surface area contributed by atoms with Gasteiger partial charge in [0.25, 0.3) is 5.69 Å². The van der Waals surface area contributed by atoms with Gasteiger partial charge in [0.1, 0.15) is 11.7 Å². The van der Waals surface area contributed by atoms with Crippen LogP contribution in [0.1, 0.15) is 50.2 Å². The van der Waals surface area contributed by atoms with Crippen molar-refractivity contribution in [1.29, 1.82) is 0 Å². The Morgan fingerprint density at radius 3 is 2.41 bits per heavy atom. The summed E-state index contributed by atoms with van der Waals surface area (Å²) in [6.07, 6.45) is 0.261. The number of methoxy groups -OCH3 is 1. The van der Waals surface area contributed by atoms with E-state index in [1.807, 2.05) is 6.07 Å². The van der Waals surface area contributed by atoms with E-state index in [-0.39, 0.29) is 36.5 Å². The fourth-order valence-electron chi connectivity index (χ4n) is 5.35. The number of rotatable bonds is 8. The first kappa shape index (κ1) is 27.6. The fourth-order valence-corrected chi connectivity index (χ4v) is 5.35. The van der Waals surface area contributed by atoms with Gasteiger partial charge < -0.3 is 19.5 Å². The van der Waals surface area contributed by atoms with E-state index < -0.39 is 40.4 Å². The molecule has 0 aromatic heterocycles. The summed E-state index contributed by atoms with van der Waals surface area (Å²) in [5, 5.41) is 14.8. The number of non-ortho nitro benzene ring substituents is 1. The lowest BCUT2D eigenvalue weighted by Crippen LogP contribution is -2.43. The number of nitro groups is 1. The lowest BCUT2D eigenvalue weighted by atomic mass is 9.67. The Hall–Kier alpha value is -4.47. The summed E-state index contributed by atoms with van der Waals surface area (Å²) in [6.45, 7) is 5.20. The number of carbonyl (C=O) groups is 3. The molecule has 2 aromatic rings. The van der Waals surface area contributed by atoms with Crippen molar-refractivity contribution in [2.24, 2.45) is 5.92 Å². The minimum absolute atomic E-state index is 0.0823. The van der Waals surface area contributed by atoms with E-state index in [1.54, 1.807) is 45.0 Å². The molecule has 0 bridgehead atoms. The number of hydrogen-bond acceptors (Lipinski definition) is 9. The third-order valence-electron chi connectivity index (χ3n) is 6.99. The minimum atomic E-state index is -1.19. The molecule has 3 atom stereocenters. The maximum absolute atomic E-state index is 14.3. The Labute approximate surface area is 225 Å². The second-order valence-electron chi connectivity index (χ2n) is 9.24. The second-order valence-corrected chi connectivity index (χ2v) is 9.24. The van der Waals surface area contributed by atoms with Crippen LogP contribution in [0, 0.1) is 16.0 Å². The van der Waals surface area contributed by atoms with Crippen LogP contribution in [0.2, 0.25) is 0 Å². The van der Waals surface area contributed by atoms with Crippen LogP contribution in [0.3, 0.4) is 0 Å². The number of nitrogens with zero attached hydrogens (tertiary/aromatic N) is 1. The summed E-state index contributed by atoms with van der Waals surface area (Å²) in [7, 11) is 1.53. The number of dihydropyridines is 1. The molecule has 0 amide bonds. The molecule has 1 heterocycles. The first-order chi connectivity index (χ1) is 18.7. The van der Waals surface area contributed by atoms with E-state index in [1.165, 1.54) is 25.3 Å². The van der Waals surface area contributed by atoms with Gasteiger partial charge in [-0.15, -0.1) is 0 Å². The number of nitrogens with one attached hydrogen (secondary N) is 1. The number of ketones is 1. The number of carbonyl (C=O) groups excluding carboxylic acids is 3. The molecule has 3 unspecified atom stereocenters. The predicted octanol–water partition coefficient (Wildman–Crippen LogP) is 4.32. The minimum Gasteiger partial charge on any atom is -0.497 e. The quantitative estimate of drug-likeness (QED) is 0.227. The maximum atomic E-state index is 14.3. The van der Waals surface area contributed by atoms with Gasteiger partial charge in [0.05, 0.1) is 30.8 Å². The molecule has 2 aliphatic rings. The van der Waals surface area contributed by atoms with Crippen LogP contribution in [0.4, 0.5) is 5.69 Å². The second kappa shape index (κ2) is 11.5. The van der Waals surface area contributed by atoms with E-state index in [2.05, 4.69) is 5.32 Å². The number of benzene rings is 2. The number of hydrogen-bond donors (Lipinski definition) is 1. The molecule has 1 N–H and O–H groups in total. The summed E-state index contributed by atoms with van der Waals surface area (Å²) in [6, 6.07) is 13.0. The molecular formula is C29H30N2O8. The molecule has 0 saturated carbocycles. The highest BCUT2D eigenvalue weighted by Crippen LogP contribution is 2.48. The van der Waals surface area contributed by atoms with Gasteiger partial charge in [-0.05, 0) is 50.5 Å². The average molecular weight is 535 g/mol. The van der Waals surface area contributed by atoms with Gasteiger partial charge in [0, 0.05) is 40.9 Å². The van der Waals surface area contributed by atoms with Crippen LogP contribution >= 0.6 is 0 Å². The predicted molar refractivity (Wildman–Crippen MR) is 141 cm³/mol. The normalized spacial score (nSPS) is 20.6. The number of allylic oxidation sites excluding steroid dienone is 3. The molecule has 0 radical (unpaired) electrons. The van der Waals surface area contributed by atoms with Gasteiger partial charge in [-0.1, -0.05) is 24.3 Å². The Balaban J connectivity index is 1.93. The highest BCUT2D eigenvalue weighted by molar-refractivity contribution is 6.13. The van der Waals surface area contributed by atoms with E-state index in [0.29, 0.717) is 22.7 Å². The Kier molecular flexibility index (Phi) is 8.13. The smallest absolute Gasteiger partial charge is 0.336 e. The third kappa shape index (κ3) is 5.27. The van der Waals surface area contributed by atoms with E-state index in [9.17, 15) is 24.5 Å². The molecule has 10 heteroatoms. The first-order valence-corrected chi connectivity index (χ1v) is 12.7. The molecule has 0 fully saturated rings. The van der Waals surface area contributed by atoms with Gasteiger partial charge in [0.2, 0.25) is 0 Å². The zero-order valence-corrected chi connectivity index (χ0v) is 22.2. The topological polar surface area (TPSA) is 134 Å². The lowest BCUT2D eigenvalue weighted by Gasteiger charge is -2.39. The number of Topliss-reactive ketones (excluding diaryl/α,β-unsaturated/α-hetero) is 1. The first-order valence-electron chi connectivity index (χ1n) is 12.7. The van der Waals surface area contributed by atoms with Gasteiger partial charge in [0.15, 0.2) is 5.78 Å². The lowest BCUT2D eigenvalue weighted by molar-refractivity contribution is -0.384. The Bertz CT molecular complexity index is 1390.